The van der Waals surface area contributed by atoms with Gasteiger partial charge in [-0.3, -0.25) is 10.1 Å². The van der Waals surface area contributed by atoms with E-state index < -0.39 is 0 Å². The van der Waals surface area contributed by atoms with Crippen molar-refractivity contribution in [3.05, 3.63) is 62.7 Å². The first kappa shape index (κ1) is 15.7. The fourth-order valence-corrected chi connectivity index (χ4v) is 2.79. The van der Waals surface area contributed by atoms with Crippen LogP contribution in [0, 0.1) is 17.4 Å². The van der Waals surface area contributed by atoms with Gasteiger partial charge in [0.25, 0.3) is 5.91 Å². The Bertz CT molecular complexity index is 874. The van der Waals surface area contributed by atoms with E-state index in [1.807, 2.05) is 50.2 Å². The van der Waals surface area contributed by atoms with Gasteiger partial charge in [0.1, 0.15) is 0 Å². The van der Waals surface area contributed by atoms with Gasteiger partial charge in [-0.1, -0.05) is 34.9 Å². The van der Waals surface area contributed by atoms with Crippen LogP contribution in [0.5, 0.6) is 0 Å². The molecule has 1 aromatic heterocycles. The van der Waals surface area contributed by atoms with E-state index in [-0.39, 0.29) is 11.9 Å². The van der Waals surface area contributed by atoms with Crippen molar-refractivity contribution in [2.45, 2.75) is 13.8 Å². The normalized spacial score (nSPS) is 10.6. The van der Waals surface area contributed by atoms with Crippen LogP contribution >= 0.6 is 22.6 Å². The largest absolute Gasteiger partial charge is 0.403 e. The van der Waals surface area contributed by atoms with Crippen molar-refractivity contribution in [3.8, 4) is 11.5 Å². The second kappa shape index (κ2) is 6.49. The molecule has 0 atom stereocenters. The predicted octanol–water partition coefficient (Wildman–Crippen LogP) is 4.21. The van der Waals surface area contributed by atoms with Crippen LogP contribution in [0.2, 0.25) is 0 Å². The lowest BCUT2D eigenvalue weighted by atomic mass is 10.1. The fraction of sp³-hybridized carbons (Fsp3) is 0.118. The monoisotopic (exact) mass is 419 g/mol. The Morgan fingerprint density at radius 1 is 1.13 bits per heavy atom. The number of anilines is 1. The maximum absolute atomic E-state index is 12.3. The Balaban J connectivity index is 1.84. The lowest BCUT2D eigenvalue weighted by molar-refractivity contribution is 0.102. The molecule has 116 valence electrons. The molecule has 0 aliphatic carbocycles. The zero-order chi connectivity index (χ0) is 16.4. The van der Waals surface area contributed by atoms with Gasteiger partial charge in [0.15, 0.2) is 0 Å². The molecular weight excluding hydrogens is 405 g/mol. The fourth-order valence-electron chi connectivity index (χ4n) is 2.16. The molecule has 2 aromatic carbocycles. The number of amides is 1. The molecule has 0 saturated carbocycles. The highest BCUT2D eigenvalue weighted by Gasteiger charge is 2.15. The van der Waals surface area contributed by atoms with Crippen LogP contribution < -0.4 is 5.32 Å². The summed E-state index contributed by atoms with van der Waals surface area (Å²) in [5, 5.41) is 10.6. The van der Waals surface area contributed by atoms with E-state index in [0.717, 1.165) is 20.3 Å². The van der Waals surface area contributed by atoms with E-state index in [4.69, 9.17) is 4.42 Å². The number of carbonyl (C=O) groups is 1. The number of hydrogen-bond donors (Lipinski definition) is 1. The van der Waals surface area contributed by atoms with E-state index in [0.29, 0.717) is 11.5 Å². The minimum Gasteiger partial charge on any atom is -0.403 e. The van der Waals surface area contributed by atoms with Crippen molar-refractivity contribution in [2.75, 3.05) is 5.32 Å². The minimum absolute atomic E-state index is 0.0885. The van der Waals surface area contributed by atoms with Crippen LogP contribution in [0.25, 0.3) is 11.5 Å². The zero-order valence-corrected chi connectivity index (χ0v) is 14.8. The molecule has 1 N–H and O–H groups in total. The maximum Gasteiger partial charge on any atom is 0.322 e. The highest BCUT2D eigenvalue weighted by Crippen LogP contribution is 2.25. The van der Waals surface area contributed by atoms with Crippen molar-refractivity contribution in [3.63, 3.8) is 0 Å². The van der Waals surface area contributed by atoms with Crippen LogP contribution in [0.4, 0.5) is 6.01 Å². The van der Waals surface area contributed by atoms with Gasteiger partial charge in [0.05, 0.1) is 5.56 Å². The first-order valence-electron chi connectivity index (χ1n) is 7.01. The number of nitrogens with zero attached hydrogens (tertiary/aromatic N) is 2. The topological polar surface area (TPSA) is 68.0 Å². The lowest BCUT2D eigenvalue weighted by Crippen LogP contribution is -2.13. The van der Waals surface area contributed by atoms with Gasteiger partial charge < -0.3 is 4.42 Å². The molecule has 0 saturated heterocycles. The molecule has 0 aliphatic heterocycles. The van der Waals surface area contributed by atoms with Gasteiger partial charge in [-0.25, -0.2) is 0 Å². The number of carbonyl (C=O) groups excluding carboxylic acids is 1. The quantitative estimate of drug-likeness (QED) is 0.646. The molecule has 23 heavy (non-hydrogen) atoms. The Labute approximate surface area is 147 Å². The van der Waals surface area contributed by atoms with Crippen molar-refractivity contribution < 1.29 is 9.21 Å². The average Bonchev–Trinajstić information content (AvgIpc) is 2.98. The molecule has 0 spiro atoms. The van der Waals surface area contributed by atoms with Crippen molar-refractivity contribution in [2.24, 2.45) is 0 Å². The van der Waals surface area contributed by atoms with Gasteiger partial charge in [-0.2, -0.15) is 0 Å². The second-order valence-corrected chi connectivity index (χ2v) is 6.33. The first-order valence-corrected chi connectivity index (χ1v) is 8.09. The standard InChI is InChI=1S/C17H14IN3O2/c1-10-7-8-11(2)13(9-10)16-20-21-17(23-16)19-15(22)12-5-3-4-6-14(12)18/h3-9H,1-2H3,(H,19,21,22). The molecule has 1 amide bonds. The van der Waals surface area contributed by atoms with E-state index >= 15 is 0 Å². The highest BCUT2D eigenvalue weighted by molar-refractivity contribution is 14.1. The third-order valence-corrected chi connectivity index (χ3v) is 4.33. The molecule has 5 nitrogen and oxygen atoms in total. The number of aromatic nitrogens is 2. The SMILES string of the molecule is Cc1ccc(C)c(-c2nnc(NC(=O)c3ccccc3I)o2)c1. The van der Waals surface area contributed by atoms with Gasteiger partial charge in [-0.15, -0.1) is 5.10 Å². The van der Waals surface area contributed by atoms with Crippen LogP contribution in [0.15, 0.2) is 46.9 Å². The first-order chi connectivity index (χ1) is 11.0. The number of nitrogens with one attached hydrogen (secondary N) is 1. The van der Waals surface area contributed by atoms with Crippen molar-refractivity contribution in [1.82, 2.24) is 10.2 Å². The molecule has 0 unspecified atom stereocenters. The summed E-state index contributed by atoms with van der Waals surface area (Å²) in [7, 11) is 0. The summed E-state index contributed by atoms with van der Waals surface area (Å²) in [6.07, 6.45) is 0. The van der Waals surface area contributed by atoms with Gasteiger partial charge in [-0.05, 0) is 60.2 Å². The zero-order valence-electron chi connectivity index (χ0n) is 12.6. The molecule has 0 radical (unpaired) electrons. The number of rotatable bonds is 3. The number of hydrogen-bond acceptors (Lipinski definition) is 4. The Hall–Kier alpha value is -2.22. The smallest absolute Gasteiger partial charge is 0.322 e. The Morgan fingerprint density at radius 3 is 2.70 bits per heavy atom. The van der Waals surface area contributed by atoms with Crippen LogP contribution in [-0.2, 0) is 0 Å². The summed E-state index contributed by atoms with van der Waals surface area (Å²) < 4.78 is 6.44. The minimum atomic E-state index is -0.272. The van der Waals surface area contributed by atoms with Gasteiger partial charge in [0.2, 0.25) is 5.89 Å². The molecular formula is C17H14IN3O2. The third-order valence-electron chi connectivity index (χ3n) is 3.39. The second-order valence-electron chi connectivity index (χ2n) is 5.16. The van der Waals surface area contributed by atoms with Crippen LogP contribution in [0.3, 0.4) is 0 Å². The Kier molecular flexibility index (Phi) is 4.42. The summed E-state index contributed by atoms with van der Waals surface area (Å²) in [5.41, 5.74) is 3.58. The number of aryl methyl sites for hydroxylation is 2. The summed E-state index contributed by atoms with van der Waals surface area (Å²) in [5.74, 6) is 0.121. The van der Waals surface area contributed by atoms with Gasteiger partial charge in [0, 0.05) is 9.13 Å². The lowest BCUT2D eigenvalue weighted by Gasteiger charge is -2.03. The number of benzene rings is 2. The average molecular weight is 419 g/mol. The van der Waals surface area contributed by atoms with Crippen molar-refractivity contribution in [1.29, 1.82) is 0 Å². The molecule has 6 heteroatoms. The van der Waals surface area contributed by atoms with Crippen molar-refractivity contribution >= 4 is 34.5 Å². The third kappa shape index (κ3) is 3.42. The van der Waals surface area contributed by atoms with Crippen LogP contribution in [-0.4, -0.2) is 16.1 Å². The van der Waals surface area contributed by atoms with Gasteiger partial charge >= 0.3 is 6.01 Å². The summed E-state index contributed by atoms with van der Waals surface area (Å²) >= 11 is 2.11. The van der Waals surface area contributed by atoms with Crippen LogP contribution in [0.1, 0.15) is 21.5 Å². The van der Waals surface area contributed by atoms with E-state index in [1.165, 1.54) is 0 Å². The van der Waals surface area contributed by atoms with E-state index in [2.05, 4.69) is 38.1 Å². The molecule has 0 aliphatic rings. The highest BCUT2D eigenvalue weighted by atomic mass is 127. The maximum atomic E-state index is 12.3. The Morgan fingerprint density at radius 2 is 1.91 bits per heavy atom. The predicted molar refractivity (Wildman–Crippen MR) is 96.3 cm³/mol. The molecule has 0 bridgehead atoms. The summed E-state index contributed by atoms with van der Waals surface area (Å²) in [6, 6.07) is 13.4. The van der Waals surface area contributed by atoms with E-state index in [1.54, 1.807) is 6.07 Å². The summed E-state index contributed by atoms with van der Waals surface area (Å²) in [6.45, 7) is 3.98. The molecule has 0 fully saturated rings. The molecule has 3 rings (SSSR count). The number of halogens is 1. The van der Waals surface area contributed by atoms with E-state index in [9.17, 15) is 4.79 Å². The summed E-state index contributed by atoms with van der Waals surface area (Å²) in [4.78, 5) is 12.3. The molecule has 3 aromatic rings. The molecule has 1 heterocycles.